The highest BCUT2D eigenvalue weighted by atomic mass is 35.5. The van der Waals surface area contributed by atoms with Crippen LogP contribution in [0.4, 0.5) is 17.1 Å². The fourth-order valence-electron chi connectivity index (χ4n) is 3.34. The van der Waals surface area contributed by atoms with Gasteiger partial charge in [0.2, 0.25) is 0 Å². The Morgan fingerprint density at radius 3 is 1.78 bits per heavy atom. The van der Waals surface area contributed by atoms with E-state index in [0.29, 0.717) is 16.4 Å². The van der Waals surface area contributed by atoms with E-state index in [1.807, 2.05) is 6.92 Å². The van der Waals surface area contributed by atoms with Crippen molar-refractivity contribution in [2.45, 2.75) is 16.7 Å². The van der Waals surface area contributed by atoms with E-state index >= 15 is 0 Å². The summed E-state index contributed by atoms with van der Waals surface area (Å²) in [6.07, 6.45) is 0. The van der Waals surface area contributed by atoms with Gasteiger partial charge in [-0.25, -0.2) is 16.8 Å². The second-order valence-corrected chi connectivity index (χ2v) is 11.9. The third kappa shape index (κ3) is 6.48. The summed E-state index contributed by atoms with van der Waals surface area (Å²) in [7, 11) is -7.78. The number of nitrogens with one attached hydrogen (secondary N) is 3. The lowest BCUT2D eigenvalue weighted by Crippen LogP contribution is -2.18. The summed E-state index contributed by atoms with van der Waals surface area (Å²) in [5.74, 6) is -0.572. The Bertz CT molecular complexity index is 1640. The summed E-state index contributed by atoms with van der Waals surface area (Å²) in [6, 6.07) is 24.3. The van der Waals surface area contributed by atoms with Crippen molar-refractivity contribution in [3.8, 4) is 0 Å². The molecule has 0 unspecified atom stereocenters. The molecule has 0 saturated carbocycles. The number of aryl methyl sites for hydroxylation is 1. The van der Waals surface area contributed by atoms with Crippen molar-refractivity contribution in [1.82, 2.24) is 0 Å². The summed E-state index contributed by atoms with van der Waals surface area (Å²) in [4.78, 5) is 13.0. The number of anilines is 3. The number of carbonyl (C=O) groups is 1. The van der Waals surface area contributed by atoms with Gasteiger partial charge in [-0.3, -0.25) is 14.2 Å². The van der Waals surface area contributed by atoms with E-state index in [1.54, 1.807) is 48.5 Å². The normalized spacial score (nSPS) is 11.5. The number of benzene rings is 4. The van der Waals surface area contributed by atoms with E-state index in [1.165, 1.54) is 48.5 Å². The van der Waals surface area contributed by atoms with Gasteiger partial charge in [0.1, 0.15) is 0 Å². The molecule has 0 radical (unpaired) electrons. The number of amides is 1. The monoisotopic (exact) mass is 555 g/mol. The van der Waals surface area contributed by atoms with E-state index in [0.717, 1.165) is 5.56 Å². The van der Waals surface area contributed by atoms with Crippen LogP contribution in [0.2, 0.25) is 5.02 Å². The lowest BCUT2D eigenvalue weighted by molar-refractivity contribution is 0.102. The average molecular weight is 556 g/mol. The maximum Gasteiger partial charge on any atom is 0.261 e. The predicted octanol–water partition coefficient (Wildman–Crippen LogP) is 5.50. The number of carbonyl (C=O) groups excluding carboxylic acids is 1. The highest BCUT2D eigenvalue weighted by Crippen LogP contribution is 2.23. The SMILES string of the molecule is Cc1ccc(S(=O)(=O)Nc2ccccc2C(=O)Nc2ccc(S(=O)(=O)Nc3ccc(Cl)cc3)cc2)cc1. The average Bonchev–Trinajstić information content (AvgIpc) is 2.86. The molecule has 0 aliphatic rings. The molecular weight excluding hydrogens is 534 g/mol. The first-order valence-electron chi connectivity index (χ1n) is 10.9. The fourth-order valence-corrected chi connectivity index (χ4v) is 5.60. The zero-order valence-corrected chi connectivity index (χ0v) is 21.9. The van der Waals surface area contributed by atoms with Gasteiger partial charge in [0.25, 0.3) is 26.0 Å². The van der Waals surface area contributed by atoms with Gasteiger partial charge in [-0.15, -0.1) is 0 Å². The summed E-state index contributed by atoms with van der Waals surface area (Å²) in [6.45, 7) is 1.85. The molecule has 4 rings (SSSR count). The van der Waals surface area contributed by atoms with Gasteiger partial charge in [-0.1, -0.05) is 41.4 Å². The van der Waals surface area contributed by atoms with Gasteiger partial charge in [0.05, 0.1) is 21.0 Å². The minimum absolute atomic E-state index is 0.00768. The van der Waals surface area contributed by atoms with E-state index in [2.05, 4.69) is 14.8 Å². The zero-order chi connectivity index (χ0) is 26.6. The Labute approximate surface area is 220 Å². The standard InChI is InChI=1S/C26H22ClN3O5S2/c1-18-6-14-22(15-7-18)37(34,35)30-25-5-3-2-4-24(25)26(31)28-20-12-16-23(17-13-20)36(32,33)29-21-10-8-19(27)9-11-21/h2-17,29-30H,1H3,(H,28,31). The van der Waals surface area contributed by atoms with Crippen molar-refractivity contribution in [2.24, 2.45) is 0 Å². The van der Waals surface area contributed by atoms with Gasteiger partial charge in [0, 0.05) is 16.4 Å². The van der Waals surface area contributed by atoms with Gasteiger partial charge in [-0.05, 0) is 79.7 Å². The van der Waals surface area contributed by atoms with Crippen LogP contribution in [0.25, 0.3) is 0 Å². The first-order chi connectivity index (χ1) is 17.5. The second-order valence-electron chi connectivity index (χ2n) is 8.06. The largest absolute Gasteiger partial charge is 0.322 e. The predicted molar refractivity (Wildman–Crippen MR) is 145 cm³/mol. The summed E-state index contributed by atoms with van der Waals surface area (Å²) < 4.78 is 55.9. The molecule has 0 saturated heterocycles. The third-order valence-corrected chi connectivity index (χ3v) is 8.30. The molecule has 8 nitrogen and oxygen atoms in total. The summed E-state index contributed by atoms with van der Waals surface area (Å²) in [5.41, 5.74) is 1.79. The zero-order valence-electron chi connectivity index (χ0n) is 19.5. The molecule has 11 heteroatoms. The van der Waals surface area contributed by atoms with Gasteiger partial charge in [-0.2, -0.15) is 0 Å². The molecule has 0 atom stereocenters. The minimum atomic E-state index is -3.92. The first-order valence-corrected chi connectivity index (χ1v) is 14.3. The number of hydrogen-bond acceptors (Lipinski definition) is 5. The third-order valence-electron chi connectivity index (χ3n) is 5.27. The van der Waals surface area contributed by atoms with Crippen LogP contribution in [0, 0.1) is 6.92 Å². The summed E-state index contributed by atoms with van der Waals surface area (Å²) in [5, 5.41) is 3.14. The van der Waals surface area contributed by atoms with Crippen molar-refractivity contribution >= 4 is 54.6 Å². The Balaban J connectivity index is 1.49. The van der Waals surface area contributed by atoms with Gasteiger partial charge >= 0.3 is 0 Å². The maximum atomic E-state index is 13.0. The Morgan fingerprint density at radius 1 is 0.649 bits per heavy atom. The maximum absolute atomic E-state index is 13.0. The molecule has 4 aromatic carbocycles. The number of para-hydroxylation sites is 1. The van der Waals surface area contributed by atoms with E-state index in [-0.39, 0.29) is 21.0 Å². The molecule has 190 valence electrons. The molecule has 0 aliphatic heterocycles. The Hall–Kier alpha value is -3.86. The molecular formula is C26H22ClN3O5S2. The molecule has 0 aromatic heterocycles. The van der Waals surface area contributed by atoms with E-state index in [9.17, 15) is 21.6 Å². The smallest absolute Gasteiger partial charge is 0.261 e. The Morgan fingerprint density at radius 2 is 1.16 bits per heavy atom. The van der Waals surface area contributed by atoms with Crippen LogP contribution in [0.1, 0.15) is 15.9 Å². The second kappa shape index (κ2) is 10.6. The number of sulfonamides is 2. The van der Waals surface area contributed by atoms with Gasteiger partial charge in [0.15, 0.2) is 0 Å². The van der Waals surface area contributed by atoms with Crippen molar-refractivity contribution in [3.05, 3.63) is 113 Å². The molecule has 0 heterocycles. The molecule has 0 aliphatic carbocycles. The van der Waals surface area contributed by atoms with Crippen molar-refractivity contribution < 1.29 is 21.6 Å². The number of halogens is 1. The number of hydrogen-bond donors (Lipinski definition) is 3. The molecule has 0 spiro atoms. The van der Waals surface area contributed by atoms with Crippen LogP contribution in [0.5, 0.6) is 0 Å². The molecule has 37 heavy (non-hydrogen) atoms. The quantitative estimate of drug-likeness (QED) is 0.265. The lowest BCUT2D eigenvalue weighted by Gasteiger charge is -2.13. The van der Waals surface area contributed by atoms with Crippen molar-refractivity contribution in [1.29, 1.82) is 0 Å². The fraction of sp³-hybridized carbons (Fsp3) is 0.0385. The van der Waals surface area contributed by atoms with E-state index < -0.39 is 26.0 Å². The molecule has 0 bridgehead atoms. The van der Waals surface area contributed by atoms with Crippen LogP contribution in [-0.4, -0.2) is 22.7 Å². The van der Waals surface area contributed by atoms with E-state index in [4.69, 9.17) is 11.6 Å². The van der Waals surface area contributed by atoms with Crippen LogP contribution in [-0.2, 0) is 20.0 Å². The van der Waals surface area contributed by atoms with Crippen molar-refractivity contribution in [2.75, 3.05) is 14.8 Å². The highest BCUT2D eigenvalue weighted by Gasteiger charge is 2.19. The molecule has 1 amide bonds. The number of rotatable bonds is 8. The minimum Gasteiger partial charge on any atom is -0.322 e. The first kappa shape index (κ1) is 26.2. The molecule has 0 fully saturated rings. The van der Waals surface area contributed by atoms with Crippen LogP contribution in [0.3, 0.4) is 0 Å². The van der Waals surface area contributed by atoms with Crippen molar-refractivity contribution in [3.63, 3.8) is 0 Å². The Kier molecular flexibility index (Phi) is 7.53. The topological polar surface area (TPSA) is 121 Å². The van der Waals surface area contributed by atoms with Gasteiger partial charge < -0.3 is 5.32 Å². The van der Waals surface area contributed by atoms with Crippen LogP contribution in [0.15, 0.2) is 107 Å². The van der Waals surface area contributed by atoms with Crippen LogP contribution < -0.4 is 14.8 Å². The van der Waals surface area contributed by atoms with Crippen LogP contribution >= 0.6 is 11.6 Å². The highest BCUT2D eigenvalue weighted by molar-refractivity contribution is 7.93. The molecule has 4 aromatic rings. The summed E-state index contributed by atoms with van der Waals surface area (Å²) >= 11 is 5.83. The lowest BCUT2D eigenvalue weighted by atomic mass is 10.1. The molecule has 3 N–H and O–H groups in total.